The Hall–Kier alpha value is -3.10. The van der Waals surface area contributed by atoms with Crippen molar-refractivity contribution in [3.8, 4) is 11.8 Å². The standard InChI is InChI=1S/C23H25N3O2/c1-3-17-12-18-7-8-19(13-21(18)26-22(17)27)23(2,15-25)14-16-5-4-6-20(11-16)28-10-9-24/h4-8,11-13H,3,9-10,14,24H2,1-2H3,(H,26,27). The van der Waals surface area contributed by atoms with E-state index >= 15 is 0 Å². The highest BCUT2D eigenvalue weighted by Crippen LogP contribution is 2.30. The van der Waals surface area contributed by atoms with E-state index in [1.54, 1.807) is 0 Å². The second kappa shape index (κ2) is 8.28. The van der Waals surface area contributed by atoms with Crippen LogP contribution in [-0.4, -0.2) is 18.1 Å². The summed E-state index contributed by atoms with van der Waals surface area (Å²) in [5, 5.41) is 10.9. The summed E-state index contributed by atoms with van der Waals surface area (Å²) >= 11 is 0. The number of hydrogen-bond donors (Lipinski definition) is 2. The van der Waals surface area contributed by atoms with Crippen LogP contribution in [0.4, 0.5) is 0 Å². The van der Waals surface area contributed by atoms with Gasteiger partial charge in [0, 0.05) is 17.6 Å². The Morgan fingerprint density at radius 2 is 2.04 bits per heavy atom. The fourth-order valence-corrected chi connectivity index (χ4v) is 3.39. The topological polar surface area (TPSA) is 91.9 Å². The minimum atomic E-state index is -0.735. The number of aromatic amines is 1. The van der Waals surface area contributed by atoms with Crippen molar-refractivity contribution in [2.24, 2.45) is 5.73 Å². The fraction of sp³-hybridized carbons (Fsp3) is 0.304. The molecule has 0 aliphatic carbocycles. The molecule has 1 aromatic heterocycles. The predicted molar refractivity (Wildman–Crippen MR) is 112 cm³/mol. The van der Waals surface area contributed by atoms with Gasteiger partial charge in [-0.1, -0.05) is 31.2 Å². The molecule has 28 heavy (non-hydrogen) atoms. The van der Waals surface area contributed by atoms with Gasteiger partial charge in [-0.25, -0.2) is 0 Å². The summed E-state index contributed by atoms with van der Waals surface area (Å²) in [6, 6.07) is 18.0. The third kappa shape index (κ3) is 4.08. The number of pyridine rings is 1. The smallest absolute Gasteiger partial charge is 0.251 e. The lowest BCUT2D eigenvalue weighted by Crippen LogP contribution is -2.23. The van der Waals surface area contributed by atoms with Gasteiger partial charge in [0.1, 0.15) is 12.4 Å². The van der Waals surface area contributed by atoms with Crippen LogP contribution in [0.5, 0.6) is 5.75 Å². The summed E-state index contributed by atoms with van der Waals surface area (Å²) in [5.74, 6) is 0.748. The Morgan fingerprint density at radius 3 is 2.75 bits per heavy atom. The van der Waals surface area contributed by atoms with Gasteiger partial charge in [-0.05, 0) is 60.5 Å². The van der Waals surface area contributed by atoms with Crippen LogP contribution < -0.4 is 16.0 Å². The molecule has 0 radical (unpaired) electrons. The number of ether oxygens (including phenoxy) is 1. The van der Waals surface area contributed by atoms with Crippen molar-refractivity contribution in [1.82, 2.24) is 4.98 Å². The molecule has 144 valence electrons. The third-order valence-electron chi connectivity index (χ3n) is 5.03. The number of aryl methyl sites for hydroxylation is 1. The van der Waals surface area contributed by atoms with Crippen molar-refractivity contribution in [3.05, 3.63) is 75.6 Å². The maximum Gasteiger partial charge on any atom is 0.251 e. The second-order valence-corrected chi connectivity index (χ2v) is 7.18. The van der Waals surface area contributed by atoms with E-state index in [1.165, 1.54) is 0 Å². The van der Waals surface area contributed by atoms with E-state index < -0.39 is 5.41 Å². The number of nitriles is 1. The van der Waals surface area contributed by atoms with Gasteiger partial charge in [0.15, 0.2) is 0 Å². The molecule has 0 saturated carbocycles. The lowest BCUT2D eigenvalue weighted by Gasteiger charge is -2.23. The van der Waals surface area contributed by atoms with E-state index in [-0.39, 0.29) is 5.56 Å². The molecule has 3 aromatic rings. The van der Waals surface area contributed by atoms with E-state index in [9.17, 15) is 10.1 Å². The third-order valence-corrected chi connectivity index (χ3v) is 5.03. The monoisotopic (exact) mass is 375 g/mol. The number of benzene rings is 2. The van der Waals surface area contributed by atoms with E-state index in [4.69, 9.17) is 10.5 Å². The van der Waals surface area contributed by atoms with Crippen molar-refractivity contribution in [3.63, 3.8) is 0 Å². The van der Waals surface area contributed by atoms with Crippen LogP contribution in [0.1, 0.15) is 30.5 Å². The molecule has 2 aromatic carbocycles. The van der Waals surface area contributed by atoms with E-state index in [0.29, 0.717) is 26.0 Å². The summed E-state index contributed by atoms with van der Waals surface area (Å²) in [5.41, 5.74) is 8.08. The number of hydrogen-bond acceptors (Lipinski definition) is 4. The lowest BCUT2D eigenvalue weighted by atomic mass is 9.78. The van der Waals surface area contributed by atoms with Crippen molar-refractivity contribution < 1.29 is 4.74 Å². The van der Waals surface area contributed by atoms with E-state index in [0.717, 1.165) is 33.3 Å². The van der Waals surface area contributed by atoms with E-state index in [2.05, 4.69) is 11.1 Å². The highest BCUT2D eigenvalue weighted by atomic mass is 16.5. The normalized spacial score (nSPS) is 13.1. The first-order chi connectivity index (χ1) is 13.5. The van der Waals surface area contributed by atoms with Crippen molar-refractivity contribution in [1.29, 1.82) is 5.26 Å². The first kappa shape index (κ1) is 19.7. The Morgan fingerprint density at radius 1 is 1.21 bits per heavy atom. The summed E-state index contributed by atoms with van der Waals surface area (Å²) in [4.78, 5) is 15.1. The molecule has 0 bridgehead atoms. The van der Waals surface area contributed by atoms with Crippen molar-refractivity contribution in [2.75, 3.05) is 13.2 Å². The molecule has 5 heteroatoms. The molecule has 0 spiro atoms. The molecule has 0 aliphatic heterocycles. The Kier molecular flexibility index (Phi) is 5.81. The van der Waals surface area contributed by atoms with Crippen molar-refractivity contribution in [2.45, 2.75) is 32.1 Å². The molecule has 5 nitrogen and oxygen atoms in total. The summed E-state index contributed by atoms with van der Waals surface area (Å²) < 4.78 is 5.59. The van der Waals surface area contributed by atoms with Gasteiger partial charge in [0.2, 0.25) is 0 Å². The number of nitrogens with zero attached hydrogens (tertiary/aromatic N) is 1. The molecule has 0 amide bonds. The first-order valence-electron chi connectivity index (χ1n) is 9.48. The first-order valence-corrected chi connectivity index (χ1v) is 9.48. The molecule has 0 fully saturated rings. The van der Waals surface area contributed by atoms with Crippen LogP contribution in [0.3, 0.4) is 0 Å². The average Bonchev–Trinajstić information content (AvgIpc) is 2.71. The minimum absolute atomic E-state index is 0.0736. The maximum atomic E-state index is 12.2. The van der Waals surface area contributed by atoms with Gasteiger partial charge < -0.3 is 15.5 Å². The molecule has 1 atom stereocenters. The molecule has 1 unspecified atom stereocenters. The quantitative estimate of drug-likeness (QED) is 0.661. The summed E-state index contributed by atoms with van der Waals surface area (Å²) in [6.07, 6.45) is 1.22. The zero-order chi connectivity index (χ0) is 20.1. The number of H-pyrrole nitrogens is 1. The highest BCUT2D eigenvalue weighted by molar-refractivity contribution is 5.80. The van der Waals surface area contributed by atoms with Crippen LogP contribution in [0.2, 0.25) is 0 Å². The molecule has 0 saturated heterocycles. The number of fused-ring (bicyclic) bond motifs is 1. The number of nitrogens with two attached hydrogens (primary N) is 1. The Bertz CT molecular complexity index is 1080. The molecule has 3 N–H and O–H groups in total. The number of nitrogens with one attached hydrogen (secondary N) is 1. The second-order valence-electron chi connectivity index (χ2n) is 7.18. The predicted octanol–water partition coefficient (Wildman–Crippen LogP) is 3.45. The summed E-state index contributed by atoms with van der Waals surface area (Å²) in [6.45, 7) is 4.79. The fourth-order valence-electron chi connectivity index (χ4n) is 3.39. The van der Waals surface area contributed by atoms with Crippen LogP contribution in [0.15, 0.2) is 53.3 Å². The van der Waals surface area contributed by atoms with Gasteiger partial charge in [0.25, 0.3) is 5.56 Å². The Balaban J connectivity index is 1.95. The number of rotatable bonds is 7. The van der Waals surface area contributed by atoms with Gasteiger partial charge in [-0.3, -0.25) is 4.79 Å². The Labute approximate surface area is 164 Å². The highest BCUT2D eigenvalue weighted by Gasteiger charge is 2.27. The maximum absolute atomic E-state index is 12.2. The minimum Gasteiger partial charge on any atom is -0.492 e. The van der Waals surface area contributed by atoms with Crippen molar-refractivity contribution >= 4 is 10.9 Å². The molecule has 0 aliphatic rings. The van der Waals surface area contributed by atoms with Gasteiger partial charge in [-0.2, -0.15) is 5.26 Å². The van der Waals surface area contributed by atoms with E-state index in [1.807, 2.05) is 62.4 Å². The van der Waals surface area contributed by atoms with Crippen LogP contribution in [0, 0.1) is 11.3 Å². The largest absolute Gasteiger partial charge is 0.492 e. The zero-order valence-corrected chi connectivity index (χ0v) is 16.3. The molecule has 3 rings (SSSR count). The van der Waals surface area contributed by atoms with Crippen LogP contribution in [0.25, 0.3) is 10.9 Å². The molecular weight excluding hydrogens is 350 g/mol. The van der Waals surface area contributed by atoms with Crippen LogP contribution >= 0.6 is 0 Å². The SMILES string of the molecule is CCc1cc2ccc(C(C)(C#N)Cc3cccc(OCCN)c3)cc2[nH]c1=O. The van der Waals surface area contributed by atoms with Crippen LogP contribution in [-0.2, 0) is 18.3 Å². The lowest BCUT2D eigenvalue weighted by molar-refractivity contribution is 0.328. The van der Waals surface area contributed by atoms with Gasteiger partial charge >= 0.3 is 0 Å². The van der Waals surface area contributed by atoms with Gasteiger partial charge in [0.05, 0.1) is 11.5 Å². The van der Waals surface area contributed by atoms with Gasteiger partial charge in [-0.15, -0.1) is 0 Å². The zero-order valence-electron chi connectivity index (χ0n) is 16.3. The molecule has 1 heterocycles. The molecular formula is C23H25N3O2. The average molecular weight is 375 g/mol. The summed E-state index contributed by atoms with van der Waals surface area (Å²) in [7, 11) is 0. The number of aromatic nitrogens is 1.